The number of benzene rings is 2. The third-order valence-corrected chi connectivity index (χ3v) is 3.84. The van der Waals surface area contributed by atoms with Gasteiger partial charge in [0.2, 0.25) is 0 Å². The number of fused-ring (bicyclic) bond motifs is 1. The molecule has 0 aliphatic carbocycles. The summed E-state index contributed by atoms with van der Waals surface area (Å²) >= 11 is 3.28. The van der Waals surface area contributed by atoms with Gasteiger partial charge in [-0.1, -0.05) is 18.2 Å². The maximum absolute atomic E-state index is 13.3. The first-order valence-electron chi connectivity index (χ1n) is 6.24. The number of nitrogens with zero attached hydrogens (tertiary/aromatic N) is 2. The molecular formula is C15H11BrFN3O. The molecule has 0 bridgehead atoms. The summed E-state index contributed by atoms with van der Waals surface area (Å²) in [7, 11) is 1.78. The molecule has 3 aromatic rings. The summed E-state index contributed by atoms with van der Waals surface area (Å²) < 4.78 is 15.5. The number of hydrogen-bond acceptors (Lipinski definition) is 2. The van der Waals surface area contributed by atoms with Crippen LogP contribution in [0.2, 0.25) is 0 Å². The molecule has 1 aromatic heterocycles. The van der Waals surface area contributed by atoms with Crippen LogP contribution in [0.15, 0.2) is 46.9 Å². The van der Waals surface area contributed by atoms with Crippen molar-refractivity contribution in [3.63, 3.8) is 0 Å². The minimum Gasteiger partial charge on any atom is -0.319 e. The van der Waals surface area contributed by atoms with E-state index in [0.29, 0.717) is 15.9 Å². The van der Waals surface area contributed by atoms with Crippen molar-refractivity contribution in [1.29, 1.82) is 0 Å². The van der Waals surface area contributed by atoms with Crippen LogP contribution in [0.5, 0.6) is 0 Å². The maximum Gasteiger partial charge on any atom is 0.276 e. The molecule has 0 fully saturated rings. The standard InChI is InChI=1S/C15H11BrFN3O/c1-20-13-5-3-2-4-10(13)14(19-20)15(21)18-12-8-9(17)6-7-11(12)16/h2-8H,1H3,(H,18,21). The van der Waals surface area contributed by atoms with Crippen LogP contribution in [0, 0.1) is 5.82 Å². The molecule has 0 unspecified atom stereocenters. The summed E-state index contributed by atoms with van der Waals surface area (Å²) in [6.45, 7) is 0. The molecule has 1 heterocycles. The average Bonchev–Trinajstić information content (AvgIpc) is 2.81. The fraction of sp³-hybridized carbons (Fsp3) is 0.0667. The van der Waals surface area contributed by atoms with Crippen molar-refractivity contribution in [2.45, 2.75) is 0 Å². The number of para-hydroxylation sites is 1. The van der Waals surface area contributed by atoms with Crippen molar-refractivity contribution in [2.24, 2.45) is 7.05 Å². The highest BCUT2D eigenvalue weighted by Gasteiger charge is 2.16. The second-order valence-electron chi connectivity index (χ2n) is 4.57. The molecular weight excluding hydrogens is 337 g/mol. The first kappa shape index (κ1) is 13.8. The third-order valence-electron chi connectivity index (χ3n) is 3.15. The van der Waals surface area contributed by atoms with Gasteiger partial charge in [0, 0.05) is 16.9 Å². The summed E-state index contributed by atoms with van der Waals surface area (Å²) in [5.74, 6) is -0.794. The Kier molecular flexibility index (Phi) is 3.47. The molecule has 1 amide bonds. The predicted molar refractivity (Wildman–Crippen MR) is 82.8 cm³/mol. The number of carbonyl (C=O) groups is 1. The predicted octanol–water partition coefficient (Wildman–Crippen LogP) is 3.73. The van der Waals surface area contributed by atoms with Crippen LogP contribution in [-0.4, -0.2) is 15.7 Å². The van der Waals surface area contributed by atoms with E-state index < -0.39 is 5.82 Å². The van der Waals surface area contributed by atoms with Gasteiger partial charge in [-0.3, -0.25) is 9.48 Å². The number of rotatable bonds is 2. The molecule has 0 saturated carbocycles. The molecule has 2 aromatic carbocycles. The lowest BCUT2D eigenvalue weighted by Gasteiger charge is -2.06. The number of halogens is 2. The lowest BCUT2D eigenvalue weighted by molar-refractivity contribution is 0.102. The molecule has 21 heavy (non-hydrogen) atoms. The molecule has 0 aliphatic rings. The molecule has 0 aliphatic heterocycles. The molecule has 106 valence electrons. The van der Waals surface area contributed by atoms with E-state index >= 15 is 0 Å². The van der Waals surface area contributed by atoms with E-state index in [1.807, 2.05) is 24.3 Å². The zero-order chi connectivity index (χ0) is 15.0. The summed E-state index contributed by atoms with van der Waals surface area (Å²) in [5, 5.41) is 7.66. The Balaban J connectivity index is 2.00. The summed E-state index contributed by atoms with van der Waals surface area (Å²) in [6.07, 6.45) is 0. The first-order chi connectivity index (χ1) is 10.1. The van der Waals surface area contributed by atoms with E-state index in [9.17, 15) is 9.18 Å². The van der Waals surface area contributed by atoms with Crippen molar-refractivity contribution in [1.82, 2.24) is 9.78 Å². The topological polar surface area (TPSA) is 46.9 Å². The van der Waals surface area contributed by atoms with Crippen LogP contribution >= 0.6 is 15.9 Å². The van der Waals surface area contributed by atoms with Gasteiger partial charge in [-0.25, -0.2) is 4.39 Å². The van der Waals surface area contributed by atoms with Crippen molar-refractivity contribution in [2.75, 3.05) is 5.32 Å². The lowest BCUT2D eigenvalue weighted by Crippen LogP contribution is -2.14. The third kappa shape index (κ3) is 2.54. The highest BCUT2D eigenvalue weighted by Crippen LogP contribution is 2.25. The Bertz CT molecular complexity index is 844. The van der Waals surface area contributed by atoms with E-state index in [0.717, 1.165) is 10.9 Å². The second-order valence-corrected chi connectivity index (χ2v) is 5.42. The van der Waals surface area contributed by atoms with Gasteiger partial charge in [0.15, 0.2) is 5.69 Å². The van der Waals surface area contributed by atoms with Crippen molar-refractivity contribution >= 4 is 38.4 Å². The second kappa shape index (κ2) is 5.29. The van der Waals surface area contributed by atoms with Gasteiger partial charge in [0.1, 0.15) is 5.82 Å². The summed E-state index contributed by atoms with van der Waals surface area (Å²) in [4.78, 5) is 12.4. The molecule has 4 nitrogen and oxygen atoms in total. The largest absolute Gasteiger partial charge is 0.319 e. The van der Waals surface area contributed by atoms with Crippen LogP contribution in [-0.2, 0) is 7.05 Å². The van der Waals surface area contributed by atoms with Gasteiger partial charge < -0.3 is 5.32 Å². The average molecular weight is 348 g/mol. The quantitative estimate of drug-likeness (QED) is 0.767. The highest BCUT2D eigenvalue weighted by atomic mass is 79.9. The van der Waals surface area contributed by atoms with Gasteiger partial charge in [-0.2, -0.15) is 5.10 Å². The summed E-state index contributed by atoms with van der Waals surface area (Å²) in [6, 6.07) is 11.6. The smallest absolute Gasteiger partial charge is 0.276 e. The van der Waals surface area contributed by atoms with Gasteiger partial charge in [0.25, 0.3) is 5.91 Å². The Hall–Kier alpha value is -2.21. The van der Waals surface area contributed by atoms with Crippen LogP contribution in [0.25, 0.3) is 10.9 Å². The molecule has 0 spiro atoms. The number of hydrogen-bond donors (Lipinski definition) is 1. The Morgan fingerprint density at radius 1 is 1.29 bits per heavy atom. The van der Waals surface area contributed by atoms with E-state index in [4.69, 9.17) is 0 Å². The van der Waals surface area contributed by atoms with Gasteiger partial charge in [-0.05, 0) is 40.2 Å². The van der Waals surface area contributed by atoms with Crippen LogP contribution in [0.3, 0.4) is 0 Å². The van der Waals surface area contributed by atoms with E-state index in [1.165, 1.54) is 12.1 Å². The van der Waals surface area contributed by atoms with Gasteiger partial charge in [0.05, 0.1) is 11.2 Å². The Labute approximate surface area is 128 Å². The maximum atomic E-state index is 13.3. The Morgan fingerprint density at radius 3 is 2.86 bits per heavy atom. The zero-order valence-electron chi connectivity index (χ0n) is 11.1. The van der Waals surface area contributed by atoms with Crippen LogP contribution in [0.1, 0.15) is 10.5 Å². The molecule has 1 N–H and O–H groups in total. The molecule has 3 rings (SSSR count). The van der Waals surface area contributed by atoms with Crippen LogP contribution < -0.4 is 5.32 Å². The number of amides is 1. The Morgan fingerprint density at radius 2 is 2.05 bits per heavy atom. The van der Waals surface area contributed by atoms with Crippen LogP contribution in [0.4, 0.5) is 10.1 Å². The molecule has 0 atom stereocenters. The zero-order valence-corrected chi connectivity index (χ0v) is 12.7. The van der Waals surface area contributed by atoms with Crippen molar-refractivity contribution in [3.05, 3.63) is 58.4 Å². The summed E-state index contributed by atoms with van der Waals surface area (Å²) in [5.41, 5.74) is 1.54. The minimum absolute atomic E-state index is 0.310. The number of aromatic nitrogens is 2. The number of anilines is 1. The fourth-order valence-corrected chi connectivity index (χ4v) is 2.50. The van der Waals surface area contributed by atoms with Crippen molar-refractivity contribution in [3.8, 4) is 0 Å². The highest BCUT2D eigenvalue weighted by molar-refractivity contribution is 9.10. The first-order valence-corrected chi connectivity index (χ1v) is 7.03. The number of nitrogens with one attached hydrogen (secondary N) is 1. The van der Waals surface area contributed by atoms with Gasteiger partial charge >= 0.3 is 0 Å². The fourth-order valence-electron chi connectivity index (χ4n) is 2.16. The van der Waals surface area contributed by atoms with Gasteiger partial charge in [-0.15, -0.1) is 0 Å². The SMILES string of the molecule is Cn1nc(C(=O)Nc2cc(F)ccc2Br)c2ccccc21. The molecule has 6 heteroatoms. The normalized spacial score (nSPS) is 10.8. The van der Waals surface area contributed by atoms with Crippen molar-refractivity contribution < 1.29 is 9.18 Å². The number of carbonyl (C=O) groups excluding carboxylic acids is 1. The monoisotopic (exact) mass is 347 g/mol. The van der Waals surface area contributed by atoms with E-state index in [2.05, 4.69) is 26.3 Å². The molecule has 0 radical (unpaired) electrons. The van der Waals surface area contributed by atoms with E-state index in [1.54, 1.807) is 17.8 Å². The lowest BCUT2D eigenvalue weighted by atomic mass is 10.2. The number of aryl methyl sites for hydroxylation is 1. The minimum atomic E-state index is -0.417. The molecule has 0 saturated heterocycles. The van der Waals surface area contributed by atoms with E-state index in [-0.39, 0.29) is 5.91 Å².